The number of carbonyl (C=O) groups is 1. The van der Waals surface area contributed by atoms with E-state index >= 15 is 0 Å². The van der Waals surface area contributed by atoms with Crippen LogP contribution < -0.4 is 10.0 Å². The van der Waals surface area contributed by atoms with E-state index in [9.17, 15) is 13.2 Å². The van der Waals surface area contributed by atoms with Crippen molar-refractivity contribution in [2.24, 2.45) is 0 Å². The van der Waals surface area contributed by atoms with Crippen molar-refractivity contribution in [1.82, 2.24) is 19.7 Å². The lowest BCUT2D eigenvalue weighted by molar-refractivity contribution is -0.113. The molecule has 3 aromatic rings. The Morgan fingerprint density at radius 2 is 1.97 bits per heavy atom. The second-order valence-electron chi connectivity index (χ2n) is 6.13. The normalized spacial score (nSPS) is 11.4. The Morgan fingerprint density at radius 3 is 2.55 bits per heavy atom. The van der Waals surface area contributed by atoms with E-state index in [0.717, 1.165) is 17.5 Å². The van der Waals surface area contributed by atoms with Gasteiger partial charge in [-0.05, 0) is 38.1 Å². The maximum absolute atomic E-state index is 12.1. The minimum absolute atomic E-state index is 0.159. The van der Waals surface area contributed by atoms with Gasteiger partial charge in [0.1, 0.15) is 0 Å². The molecule has 1 amide bonds. The van der Waals surface area contributed by atoms with Gasteiger partial charge in [-0.3, -0.25) is 9.52 Å². The molecule has 3 rings (SSSR count). The molecule has 0 spiro atoms. The summed E-state index contributed by atoms with van der Waals surface area (Å²) in [7, 11) is -3.33. The zero-order chi connectivity index (χ0) is 21.0. The Hall–Kier alpha value is -2.44. The van der Waals surface area contributed by atoms with E-state index in [1.807, 2.05) is 23.8 Å². The van der Waals surface area contributed by atoms with Crippen LogP contribution >= 0.6 is 23.1 Å². The third-order valence-corrected chi connectivity index (χ3v) is 6.13. The van der Waals surface area contributed by atoms with Crippen LogP contribution in [0, 0.1) is 6.92 Å². The molecule has 12 heteroatoms. The lowest BCUT2D eigenvalue weighted by Gasteiger charge is -2.08. The summed E-state index contributed by atoms with van der Waals surface area (Å²) in [6, 6.07) is 6.88. The third-order valence-electron chi connectivity index (χ3n) is 3.68. The van der Waals surface area contributed by atoms with E-state index in [0.29, 0.717) is 28.3 Å². The highest BCUT2D eigenvalue weighted by Gasteiger charge is 2.15. The number of thioether (sulfide) groups is 1. The van der Waals surface area contributed by atoms with E-state index in [1.54, 1.807) is 24.3 Å². The number of aryl methyl sites for hydroxylation is 1. The monoisotopic (exact) mass is 452 g/mol. The summed E-state index contributed by atoms with van der Waals surface area (Å²) in [6.45, 7) is 4.46. The van der Waals surface area contributed by atoms with Gasteiger partial charge in [-0.25, -0.2) is 13.4 Å². The number of benzene rings is 1. The topological polar surface area (TPSA) is 119 Å². The smallest absolute Gasteiger partial charge is 0.236 e. The average Bonchev–Trinajstić information content (AvgIpc) is 3.25. The van der Waals surface area contributed by atoms with Crippen LogP contribution in [0.2, 0.25) is 0 Å². The highest BCUT2D eigenvalue weighted by molar-refractivity contribution is 7.99. The first kappa shape index (κ1) is 21.3. The molecule has 1 aromatic carbocycles. The Labute approximate surface area is 177 Å². The van der Waals surface area contributed by atoms with Crippen molar-refractivity contribution >= 4 is 49.8 Å². The minimum Gasteiger partial charge on any atom is -0.302 e. The quantitative estimate of drug-likeness (QED) is 0.504. The van der Waals surface area contributed by atoms with Gasteiger partial charge in [0.15, 0.2) is 16.1 Å². The molecule has 0 fully saturated rings. The van der Waals surface area contributed by atoms with Crippen molar-refractivity contribution in [2.75, 3.05) is 22.0 Å². The summed E-state index contributed by atoms with van der Waals surface area (Å²) >= 11 is 2.68. The van der Waals surface area contributed by atoms with Gasteiger partial charge in [-0.15, -0.1) is 21.5 Å². The van der Waals surface area contributed by atoms with Crippen molar-refractivity contribution in [3.63, 3.8) is 0 Å². The highest BCUT2D eigenvalue weighted by Crippen LogP contribution is 2.25. The Balaban J connectivity index is 1.69. The molecule has 154 valence electrons. The van der Waals surface area contributed by atoms with Crippen LogP contribution in [0.1, 0.15) is 12.6 Å². The van der Waals surface area contributed by atoms with E-state index in [-0.39, 0.29) is 11.7 Å². The summed E-state index contributed by atoms with van der Waals surface area (Å²) in [6.07, 6.45) is 1.10. The number of carbonyl (C=O) groups excluding carboxylic acids is 1. The molecule has 0 atom stereocenters. The number of anilines is 2. The molecular weight excluding hydrogens is 432 g/mol. The lowest BCUT2D eigenvalue weighted by atomic mass is 10.2. The summed E-state index contributed by atoms with van der Waals surface area (Å²) in [5, 5.41) is 14.3. The molecule has 29 heavy (non-hydrogen) atoms. The molecule has 0 aliphatic carbocycles. The van der Waals surface area contributed by atoms with Gasteiger partial charge in [0.25, 0.3) is 0 Å². The molecule has 0 aliphatic heterocycles. The fourth-order valence-electron chi connectivity index (χ4n) is 2.49. The van der Waals surface area contributed by atoms with E-state index < -0.39 is 10.0 Å². The van der Waals surface area contributed by atoms with Crippen molar-refractivity contribution < 1.29 is 13.2 Å². The fraction of sp³-hybridized carbons (Fsp3) is 0.294. The van der Waals surface area contributed by atoms with Gasteiger partial charge < -0.3 is 9.88 Å². The highest BCUT2D eigenvalue weighted by atomic mass is 32.2. The van der Waals surface area contributed by atoms with Crippen LogP contribution in [0.15, 0.2) is 34.8 Å². The molecule has 2 heterocycles. The minimum atomic E-state index is -3.33. The number of hydrogen-bond donors (Lipinski definition) is 2. The first-order valence-electron chi connectivity index (χ1n) is 8.61. The van der Waals surface area contributed by atoms with Crippen LogP contribution in [0.25, 0.3) is 11.4 Å². The Kier molecular flexibility index (Phi) is 6.55. The molecule has 0 saturated heterocycles. The summed E-state index contributed by atoms with van der Waals surface area (Å²) in [4.78, 5) is 16.4. The zero-order valence-corrected chi connectivity index (χ0v) is 18.5. The SMILES string of the molecule is CCn1c(SCC(=O)Nc2nc(C)cs2)nnc1-c1ccc(NS(C)(=O)=O)cc1. The molecule has 0 unspecified atom stereocenters. The predicted molar refractivity (Wildman–Crippen MR) is 116 cm³/mol. The van der Waals surface area contributed by atoms with Gasteiger partial charge in [0.05, 0.1) is 17.7 Å². The van der Waals surface area contributed by atoms with E-state index in [2.05, 4.69) is 25.2 Å². The van der Waals surface area contributed by atoms with E-state index in [4.69, 9.17) is 0 Å². The molecule has 0 bridgehead atoms. The number of nitrogens with one attached hydrogen (secondary N) is 2. The number of amides is 1. The van der Waals surface area contributed by atoms with E-state index in [1.165, 1.54) is 23.1 Å². The number of sulfonamides is 1. The second kappa shape index (κ2) is 8.93. The van der Waals surface area contributed by atoms with Crippen LogP contribution in [-0.2, 0) is 21.4 Å². The zero-order valence-electron chi connectivity index (χ0n) is 16.0. The van der Waals surface area contributed by atoms with Crippen LogP contribution in [0.5, 0.6) is 0 Å². The number of rotatable bonds is 8. The molecule has 9 nitrogen and oxygen atoms in total. The molecule has 0 radical (unpaired) electrons. The molecule has 0 saturated carbocycles. The maximum Gasteiger partial charge on any atom is 0.236 e. The maximum atomic E-state index is 12.1. The van der Waals surface area contributed by atoms with Crippen molar-refractivity contribution in [3.05, 3.63) is 35.3 Å². The van der Waals surface area contributed by atoms with Crippen molar-refractivity contribution in [2.45, 2.75) is 25.5 Å². The van der Waals surface area contributed by atoms with Gasteiger partial charge >= 0.3 is 0 Å². The Bertz CT molecular complexity index is 1110. The average molecular weight is 453 g/mol. The predicted octanol–water partition coefficient (Wildman–Crippen LogP) is 2.83. The number of hydrogen-bond acceptors (Lipinski definition) is 8. The second-order valence-corrected chi connectivity index (χ2v) is 9.68. The molecule has 0 aliphatic rings. The molecular formula is C17H20N6O3S3. The summed E-state index contributed by atoms with van der Waals surface area (Å²) in [5.74, 6) is 0.679. The number of aromatic nitrogens is 4. The van der Waals surface area contributed by atoms with Gasteiger partial charge in [0, 0.05) is 23.2 Å². The van der Waals surface area contributed by atoms with Gasteiger partial charge in [-0.1, -0.05) is 11.8 Å². The fourth-order valence-corrected chi connectivity index (χ4v) is 4.56. The van der Waals surface area contributed by atoms with Crippen LogP contribution in [-0.4, -0.2) is 46.1 Å². The number of thiazole rings is 1. The number of nitrogens with zero attached hydrogens (tertiary/aromatic N) is 4. The largest absolute Gasteiger partial charge is 0.302 e. The van der Waals surface area contributed by atoms with Gasteiger partial charge in [-0.2, -0.15) is 0 Å². The van der Waals surface area contributed by atoms with Crippen LogP contribution in [0.4, 0.5) is 10.8 Å². The van der Waals surface area contributed by atoms with Gasteiger partial charge in [0.2, 0.25) is 15.9 Å². The first-order chi connectivity index (χ1) is 13.7. The Morgan fingerprint density at radius 1 is 1.24 bits per heavy atom. The summed E-state index contributed by atoms with van der Waals surface area (Å²) in [5.41, 5.74) is 2.14. The third kappa shape index (κ3) is 5.78. The van der Waals surface area contributed by atoms with Crippen molar-refractivity contribution in [3.8, 4) is 11.4 Å². The first-order valence-corrected chi connectivity index (χ1v) is 12.4. The lowest BCUT2D eigenvalue weighted by Crippen LogP contribution is -2.14. The molecule has 2 aromatic heterocycles. The standard InChI is InChI=1S/C17H20N6O3S3/c1-4-23-15(12-5-7-13(8-6-12)22-29(3,25)26)20-21-17(23)28-10-14(24)19-16-18-11(2)9-27-16/h5-9,22H,4,10H2,1-3H3,(H,18,19,24). The molecule has 2 N–H and O–H groups in total. The van der Waals surface area contributed by atoms with Crippen molar-refractivity contribution in [1.29, 1.82) is 0 Å². The van der Waals surface area contributed by atoms with Crippen LogP contribution in [0.3, 0.4) is 0 Å². The summed E-state index contributed by atoms with van der Waals surface area (Å²) < 4.78 is 27.0.